The zero-order valence-corrected chi connectivity index (χ0v) is 52.1. The van der Waals surface area contributed by atoms with Crippen molar-refractivity contribution >= 4 is 79.3 Å². The molecule has 81 heavy (non-hydrogen) atoms. The third-order valence-electron chi connectivity index (χ3n) is 13.1. The van der Waals surface area contributed by atoms with E-state index in [2.05, 4.69) is 36.0 Å². The molecule has 0 radical (unpaired) electrons. The van der Waals surface area contributed by atoms with Gasteiger partial charge >= 0.3 is 0 Å². The number of nitrogens with one attached hydrogen (secondary N) is 4. The molecule has 0 aliphatic carbocycles. The molecule has 6 N–H and O–H groups in total. The van der Waals surface area contributed by atoms with Crippen LogP contribution >= 0.6 is 0 Å². The second kappa shape index (κ2) is 28.5. The van der Waals surface area contributed by atoms with Crippen LogP contribution < -0.4 is 28.4 Å². The molecule has 448 valence electrons. The van der Waals surface area contributed by atoms with E-state index >= 15 is 0 Å². The molecular weight excluding hydrogens is 1120 g/mol. The highest BCUT2D eigenvalue weighted by atomic mass is 32.2. The average molecular weight is 1200 g/mol. The van der Waals surface area contributed by atoms with Crippen molar-refractivity contribution in [3.05, 3.63) is 83.4 Å². The van der Waals surface area contributed by atoms with Gasteiger partial charge in [-0.3, -0.25) is 14.2 Å². The molecule has 0 aliphatic rings. The van der Waals surface area contributed by atoms with Crippen molar-refractivity contribution in [1.29, 1.82) is 0 Å². The Bertz CT molecular complexity index is 3470. The Hall–Kier alpha value is -5.72. The van der Waals surface area contributed by atoms with E-state index in [1.807, 2.05) is 20.8 Å². The summed E-state index contributed by atoms with van der Waals surface area (Å²) in [4.78, 5) is -1.20. The third-order valence-corrected chi connectivity index (χ3v) is 18.4. The Morgan fingerprint density at radius 3 is 1.70 bits per heavy atom. The minimum Gasteiger partial charge on any atom is -0.506 e. The third kappa shape index (κ3) is 19.4. The second-order valence-corrected chi connectivity index (χ2v) is 29.3. The van der Waals surface area contributed by atoms with Crippen molar-refractivity contribution in [2.45, 2.75) is 178 Å². The van der Waals surface area contributed by atoms with Gasteiger partial charge in [-0.15, -0.1) is 5.11 Å². The van der Waals surface area contributed by atoms with Crippen molar-refractivity contribution in [2.24, 2.45) is 10.2 Å². The maximum absolute atomic E-state index is 14.4. The van der Waals surface area contributed by atoms with E-state index in [4.69, 9.17) is 14.2 Å². The number of anilines is 3. The van der Waals surface area contributed by atoms with Crippen molar-refractivity contribution in [1.82, 2.24) is 4.72 Å². The molecule has 0 amide bonds. The number of sulfonamides is 4. The summed E-state index contributed by atoms with van der Waals surface area (Å²) in [5, 5.41) is 31.3. The van der Waals surface area contributed by atoms with Crippen LogP contribution in [0.5, 0.6) is 23.0 Å². The lowest BCUT2D eigenvalue weighted by molar-refractivity contribution is 0.144. The largest absolute Gasteiger partial charge is 0.506 e. The molecule has 0 fully saturated rings. The minimum absolute atomic E-state index is 0.0221. The molecule has 5 aromatic rings. The van der Waals surface area contributed by atoms with Crippen molar-refractivity contribution in [2.75, 3.05) is 47.4 Å². The molecule has 0 aliphatic heterocycles. The van der Waals surface area contributed by atoms with Crippen LogP contribution in [0.4, 0.5) is 28.4 Å². The molecule has 5 rings (SSSR count). The Kier molecular flexibility index (Phi) is 23.3. The maximum atomic E-state index is 14.4. The van der Waals surface area contributed by atoms with Crippen molar-refractivity contribution < 1.29 is 58.1 Å². The number of unbranched alkanes of at least 4 members (excludes halogenated alkanes) is 13. The molecule has 0 saturated carbocycles. The average Bonchev–Trinajstić information content (AvgIpc) is 3.39. The maximum Gasteiger partial charge on any atom is 0.265 e. The number of aromatic hydroxyl groups is 2. The Morgan fingerprint density at radius 2 is 1.12 bits per heavy atom. The monoisotopic (exact) mass is 1200 g/mol. The van der Waals surface area contributed by atoms with E-state index in [1.54, 1.807) is 27.7 Å². The molecule has 0 bridgehead atoms. The molecule has 19 nitrogen and oxygen atoms in total. The SMILES string of the molecule is CCCCCCCCCCCCCCCCOc1cc(O)c(NS(=O)(=O)c2cc(NS(=O)(=O)c3cc(C)c(N=Nc4cc(S(=O)(=O)NC(C)(C)C)c(O)c5cccc(NS(C)(=O)=O)c45)cc3C)ccc2OCCOC)cc1C(C)(C)C. The van der Waals surface area contributed by atoms with E-state index in [0.717, 1.165) is 37.7 Å². The van der Waals surface area contributed by atoms with Crippen molar-refractivity contribution in [3.63, 3.8) is 0 Å². The lowest BCUT2D eigenvalue weighted by atomic mass is 9.86. The van der Waals surface area contributed by atoms with Crippen LogP contribution in [0.2, 0.25) is 0 Å². The Morgan fingerprint density at radius 1 is 0.543 bits per heavy atom. The number of azo groups is 1. The molecule has 5 aromatic carbocycles. The first kappa shape index (κ1) is 66.1. The normalized spacial score (nSPS) is 12.8. The first-order valence-electron chi connectivity index (χ1n) is 27.5. The fourth-order valence-corrected chi connectivity index (χ4v) is 13.8. The summed E-state index contributed by atoms with van der Waals surface area (Å²) < 4.78 is 136. The number of rotatable bonds is 32. The van der Waals surface area contributed by atoms with Gasteiger partial charge in [0.2, 0.25) is 20.0 Å². The Balaban J connectivity index is 1.37. The number of phenolic OH excluding ortho intramolecular Hbond substituents is 2. The summed E-state index contributed by atoms with van der Waals surface area (Å²) in [6, 6.07) is 14.7. The molecule has 23 heteroatoms. The van der Waals surface area contributed by atoms with Crippen LogP contribution in [-0.2, 0) is 50.2 Å². The molecule has 0 saturated heterocycles. The van der Waals surface area contributed by atoms with Crippen LogP contribution in [-0.4, -0.2) is 82.6 Å². The van der Waals surface area contributed by atoms with E-state index in [9.17, 15) is 43.9 Å². The van der Waals surface area contributed by atoms with Crippen LogP contribution in [0.25, 0.3) is 10.8 Å². The lowest BCUT2D eigenvalue weighted by Gasteiger charge is -2.25. The van der Waals surface area contributed by atoms with Gasteiger partial charge < -0.3 is 24.4 Å². The van der Waals surface area contributed by atoms with Crippen LogP contribution in [0.3, 0.4) is 0 Å². The molecule has 0 spiro atoms. The summed E-state index contributed by atoms with van der Waals surface area (Å²) in [5.74, 6) is -0.731. The molecule has 0 aromatic heterocycles. The predicted octanol–water partition coefficient (Wildman–Crippen LogP) is 13.5. The van der Waals surface area contributed by atoms with E-state index in [-0.39, 0.29) is 74.4 Å². The van der Waals surface area contributed by atoms with E-state index < -0.39 is 66.6 Å². The van der Waals surface area contributed by atoms with Gasteiger partial charge in [0, 0.05) is 35.1 Å². The Labute approximate surface area is 481 Å². The number of ether oxygens (including phenoxy) is 3. The summed E-state index contributed by atoms with van der Waals surface area (Å²) in [7, 11) is -15.9. The van der Waals surface area contributed by atoms with Gasteiger partial charge in [0.05, 0.1) is 52.8 Å². The first-order valence-corrected chi connectivity index (χ1v) is 33.9. The first-order chi connectivity index (χ1) is 37.9. The molecule has 0 atom stereocenters. The van der Waals surface area contributed by atoms with Gasteiger partial charge in [-0.05, 0) is 106 Å². The van der Waals surface area contributed by atoms with E-state index in [0.29, 0.717) is 23.5 Å². The highest BCUT2D eigenvalue weighted by Gasteiger charge is 2.30. The summed E-state index contributed by atoms with van der Waals surface area (Å²) in [5.41, 5.74) is -0.658. The molecular formula is C58H84N6O13S4. The number of methoxy groups -OCH3 is 1. The number of nitrogens with zero attached hydrogens (tertiary/aromatic N) is 2. The number of aryl methyl sites for hydroxylation is 2. The highest BCUT2D eigenvalue weighted by molar-refractivity contribution is 7.93. The molecule has 0 heterocycles. The van der Waals surface area contributed by atoms with Crippen molar-refractivity contribution in [3.8, 4) is 23.0 Å². The number of hydrogen-bond acceptors (Lipinski definition) is 15. The molecule has 0 unspecified atom stereocenters. The summed E-state index contributed by atoms with van der Waals surface area (Å²) >= 11 is 0. The quantitative estimate of drug-likeness (QED) is 0.0133. The fourth-order valence-electron chi connectivity index (χ4n) is 9.11. The van der Waals surface area contributed by atoms with Crippen LogP contribution in [0.15, 0.2) is 91.6 Å². The number of phenols is 2. The summed E-state index contributed by atoms with van der Waals surface area (Å²) in [6.45, 7) is 16.5. The topological polar surface area (TPSA) is 278 Å². The number of hydrogen-bond donors (Lipinski definition) is 6. The lowest BCUT2D eigenvalue weighted by Crippen LogP contribution is -2.40. The van der Waals surface area contributed by atoms with Gasteiger partial charge in [-0.25, -0.2) is 38.4 Å². The smallest absolute Gasteiger partial charge is 0.265 e. The minimum atomic E-state index is -4.62. The second-order valence-electron chi connectivity index (χ2n) is 22.6. The number of benzene rings is 5. The number of fused-ring (bicyclic) bond motifs is 1. The summed E-state index contributed by atoms with van der Waals surface area (Å²) in [6.07, 6.45) is 18.1. The van der Waals surface area contributed by atoms with E-state index in [1.165, 1.54) is 139 Å². The van der Waals surface area contributed by atoms with Crippen LogP contribution in [0, 0.1) is 13.8 Å². The van der Waals surface area contributed by atoms with Gasteiger partial charge in [0.15, 0.2) is 0 Å². The van der Waals surface area contributed by atoms with Gasteiger partial charge in [0.1, 0.15) is 39.4 Å². The zero-order chi connectivity index (χ0) is 60.0. The zero-order valence-electron chi connectivity index (χ0n) is 48.8. The predicted molar refractivity (Wildman–Crippen MR) is 322 cm³/mol. The standard InChI is InChI=1S/C58H84N6O13S4/c1-12-13-14-15-16-17-18-19-20-21-22-23-24-25-31-76-51-39-49(65)47(37-44(51)57(4,5)6)63-80(71,72)53-36-42(29-30-50(53)77-33-32-75-10)61-79(69,70)52-35-40(2)46(34-41(52)3)59-60-48-38-54(81(73,74)64-58(7,8)9)56(66)43-27-26-28-45(55(43)48)62-78(11,67)68/h26-30,34-39,61-66H,12-25,31-33H2,1-11H3. The van der Waals surface area contributed by atoms with Gasteiger partial charge in [-0.2, -0.15) is 5.11 Å². The van der Waals surface area contributed by atoms with Gasteiger partial charge in [0.25, 0.3) is 20.0 Å². The highest BCUT2D eigenvalue weighted by Crippen LogP contribution is 2.44. The fraction of sp³-hybridized carbons (Fsp3) is 0.517. The van der Waals surface area contributed by atoms with Crippen LogP contribution in [0.1, 0.15) is 155 Å². The van der Waals surface area contributed by atoms with Gasteiger partial charge in [-0.1, -0.05) is 123 Å².